The molecule has 18 heavy (non-hydrogen) atoms. The van der Waals surface area contributed by atoms with Crippen molar-refractivity contribution in [3.05, 3.63) is 47.1 Å². The highest BCUT2D eigenvalue weighted by Gasteiger charge is 2.13. The Morgan fingerprint density at radius 1 is 1.28 bits per heavy atom. The van der Waals surface area contributed by atoms with E-state index in [1.807, 2.05) is 0 Å². The molecule has 0 saturated carbocycles. The average molecular weight is 265 g/mol. The van der Waals surface area contributed by atoms with Gasteiger partial charge in [-0.3, -0.25) is 9.78 Å². The Bertz CT molecular complexity index is 559. The summed E-state index contributed by atoms with van der Waals surface area (Å²) in [6.45, 7) is -0.357. The highest BCUT2D eigenvalue weighted by atomic mass is 35.5. The minimum absolute atomic E-state index is 0.0664. The van der Waals surface area contributed by atoms with Crippen LogP contribution in [0.5, 0.6) is 0 Å². The summed E-state index contributed by atoms with van der Waals surface area (Å²) >= 11 is 5.68. The third-order valence-electron chi connectivity index (χ3n) is 2.11. The number of nitrogens with one attached hydrogen (secondary N) is 1. The van der Waals surface area contributed by atoms with E-state index in [0.29, 0.717) is 10.8 Å². The van der Waals surface area contributed by atoms with Crippen LogP contribution in [0.3, 0.4) is 0 Å². The lowest BCUT2D eigenvalue weighted by Gasteiger charge is -2.06. The molecule has 2 N–H and O–H groups in total. The molecule has 0 bridgehead atoms. The molecular weight excluding hydrogens is 256 g/mol. The molecule has 0 atom stereocenters. The van der Waals surface area contributed by atoms with Crippen LogP contribution in [0.1, 0.15) is 16.2 Å². The third kappa shape index (κ3) is 2.79. The van der Waals surface area contributed by atoms with Crippen LogP contribution in [0.15, 0.2) is 30.7 Å². The van der Waals surface area contributed by atoms with Crippen molar-refractivity contribution in [2.24, 2.45) is 0 Å². The second kappa shape index (κ2) is 5.52. The fraction of sp³-hybridized carbons (Fsp3) is 0.0909. The zero-order valence-electron chi connectivity index (χ0n) is 9.17. The van der Waals surface area contributed by atoms with Crippen LogP contribution in [0, 0.1) is 0 Å². The first-order valence-corrected chi connectivity index (χ1v) is 5.42. The van der Waals surface area contributed by atoms with Crippen LogP contribution < -0.4 is 5.32 Å². The molecule has 0 aliphatic rings. The molecule has 92 valence electrons. The number of hydrogen-bond acceptors (Lipinski definition) is 5. The van der Waals surface area contributed by atoms with Crippen molar-refractivity contribution in [2.45, 2.75) is 6.61 Å². The highest BCUT2D eigenvalue weighted by molar-refractivity contribution is 6.30. The van der Waals surface area contributed by atoms with Gasteiger partial charge in [0.1, 0.15) is 5.82 Å². The normalized spacial score (nSPS) is 10.1. The number of rotatable bonds is 3. The standard InChI is InChI=1S/C11H9ClN4O2/c12-7-1-2-9(15-5-7)16-11(18)10-8(6-17)13-3-4-14-10/h1-5,17H,6H2,(H,15,16,18). The Morgan fingerprint density at radius 3 is 2.72 bits per heavy atom. The summed E-state index contributed by atoms with van der Waals surface area (Å²) in [4.78, 5) is 23.5. The van der Waals surface area contributed by atoms with Gasteiger partial charge in [0.05, 0.1) is 17.3 Å². The third-order valence-corrected chi connectivity index (χ3v) is 2.33. The number of halogens is 1. The predicted molar refractivity (Wildman–Crippen MR) is 65.2 cm³/mol. The molecule has 2 rings (SSSR count). The number of hydrogen-bond donors (Lipinski definition) is 2. The van der Waals surface area contributed by atoms with Crippen molar-refractivity contribution in [1.29, 1.82) is 0 Å². The van der Waals surface area contributed by atoms with Crippen molar-refractivity contribution < 1.29 is 9.90 Å². The smallest absolute Gasteiger partial charge is 0.277 e. The topological polar surface area (TPSA) is 88.0 Å². The lowest BCUT2D eigenvalue weighted by Crippen LogP contribution is -2.17. The molecule has 1 amide bonds. The summed E-state index contributed by atoms with van der Waals surface area (Å²) in [6.07, 6.45) is 4.20. The first kappa shape index (κ1) is 12.4. The molecule has 0 unspecified atom stereocenters. The summed E-state index contributed by atoms with van der Waals surface area (Å²) in [5.74, 6) is -0.138. The van der Waals surface area contributed by atoms with Crippen molar-refractivity contribution >= 4 is 23.3 Å². The zero-order chi connectivity index (χ0) is 13.0. The van der Waals surface area contributed by atoms with E-state index in [2.05, 4.69) is 20.3 Å². The summed E-state index contributed by atoms with van der Waals surface area (Å²) in [7, 11) is 0. The molecule has 6 nitrogen and oxygen atoms in total. The molecule has 0 radical (unpaired) electrons. The van der Waals surface area contributed by atoms with Gasteiger partial charge in [-0.1, -0.05) is 11.6 Å². The second-order valence-electron chi connectivity index (χ2n) is 3.33. The molecular formula is C11H9ClN4O2. The van der Waals surface area contributed by atoms with Crippen LogP contribution in [0.2, 0.25) is 5.02 Å². The minimum atomic E-state index is -0.484. The van der Waals surface area contributed by atoms with E-state index >= 15 is 0 Å². The van der Waals surface area contributed by atoms with Gasteiger partial charge in [0.2, 0.25) is 0 Å². The van der Waals surface area contributed by atoms with Gasteiger partial charge < -0.3 is 10.4 Å². The van der Waals surface area contributed by atoms with Crippen LogP contribution in [-0.2, 0) is 6.61 Å². The number of aromatic nitrogens is 3. The summed E-state index contributed by atoms with van der Waals surface area (Å²) < 4.78 is 0. The number of aliphatic hydroxyl groups is 1. The van der Waals surface area contributed by atoms with E-state index in [9.17, 15) is 4.79 Å². The lowest BCUT2D eigenvalue weighted by molar-refractivity contribution is 0.101. The number of amides is 1. The van der Waals surface area contributed by atoms with Crippen LogP contribution in [0.4, 0.5) is 5.82 Å². The first-order chi connectivity index (χ1) is 8.70. The minimum Gasteiger partial charge on any atom is -0.390 e. The fourth-order valence-corrected chi connectivity index (χ4v) is 1.41. The van der Waals surface area contributed by atoms with Gasteiger partial charge in [0.25, 0.3) is 5.91 Å². The molecule has 0 aliphatic carbocycles. The Labute approximate surface area is 108 Å². The maximum atomic E-state index is 11.9. The molecule has 0 spiro atoms. The molecule has 7 heteroatoms. The first-order valence-electron chi connectivity index (χ1n) is 5.04. The van der Waals surface area contributed by atoms with Gasteiger partial charge in [-0.15, -0.1) is 0 Å². The van der Waals surface area contributed by atoms with Gasteiger partial charge in [-0.05, 0) is 12.1 Å². The number of aliphatic hydroxyl groups excluding tert-OH is 1. The van der Waals surface area contributed by atoms with Crippen molar-refractivity contribution in [1.82, 2.24) is 15.0 Å². The average Bonchev–Trinajstić information content (AvgIpc) is 2.41. The van der Waals surface area contributed by atoms with Crippen LogP contribution >= 0.6 is 11.6 Å². The molecule has 0 saturated heterocycles. The van der Waals surface area contributed by atoms with Gasteiger partial charge in [-0.25, -0.2) is 9.97 Å². The maximum absolute atomic E-state index is 11.9. The van der Waals surface area contributed by atoms with Gasteiger partial charge in [0.15, 0.2) is 5.69 Å². The summed E-state index contributed by atoms with van der Waals surface area (Å²) in [5.41, 5.74) is 0.278. The molecule has 2 heterocycles. The largest absolute Gasteiger partial charge is 0.390 e. The Morgan fingerprint density at radius 2 is 2.06 bits per heavy atom. The van der Waals surface area contributed by atoms with E-state index in [-0.39, 0.29) is 18.0 Å². The quantitative estimate of drug-likeness (QED) is 0.872. The Balaban J connectivity index is 2.19. The van der Waals surface area contributed by atoms with E-state index in [1.165, 1.54) is 18.6 Å². The summed E-state index contributed by atoms with van der Waals surface area (Å²) in [5, 5.41) is 12.1. The molecule has 2 aromatic rings. The van der Waals surface area contributed by atoms with Crippen LogP contribution in [0.25, 0.3) is 0 Å². The van der Waals surface area contributed by atoms with E-state index < -0.39 is 5.91 Å². The van der Waals surface area contributed by atoms with E-state index in [4.69, 9.17) is 16.7 Å². The Kier molecular flexibility index (Phi) is 3.81. The van der Waals surface area contributed by atoms with Crippen molar-refractivity contribution in [3.8, 4) is 0 Å². The number of nitrogens with zero attached hydrogens (tertiary/aromatic N) is 3. The molecule has 2 aromatic heterocycles. The number of anilines is 1. The highest BCUT2D eigenvalue weighted by Crippen LogP contribution is 2.11. The molecule has 0 fully saturated rings. The molecule has 0 aromatic carbocycles. The predicted octanol–water partition coefficient (Wildman–Crippen LogP) is 1.27. The van der Waals surface area contributed by atoms with Gasteiger partial charge in [-0.2, -0.15) is 0 Å². The van der Waals surface area contributed by atoms with Crippen molar-refractivity contribution in [3.63, 3.8) is 0 Å². The zero-order valence-corrected chi connectivity index (χ0v) is 9.92. The van der Waals surface area contributed by atoms with Crippen molar-refractivity contribution in [2.75, 3.05) is 5.32 Å². The maximum Gasteiger partial charge on any atom is 0.277 e. The van der Waals surface area contributed by atoms with Gasteiger partial charge in [0, 0.05) is 18.6 Å². The Hall–Kier alpha value is -2.05. The number of carbonyl (C=O) groups excluding carboxylic acids is 1. The second-order valence-corrected chi connectivity index (χ2v) is 3.76. The van der Waals surface area contributed by atoms with Crippen LogP contribution in [-0.4, -0.2) is 26.0 Å². The number of pyridine rings is 1. The van der Waals surface area contributed by atoms with E-state index in [0.717, 1.165) is 0 Å². The lowest BCUT2D eigenvalue weighted by atomic mass is 10.3. The monoisotopic (exact) mass is 264 g/mol. The fourth-order valence-electron chi connectivity index (χ4n) is 1.30. The number of carbonyl (C=O) groups is 1. The SMILES string of the molecule is O=C(Nc1ccc(Cl)cn1)c1nccnc1CO. The van der Waals surface area contributed by atoms with E-state index in [1.54, 1.807) is 12.1 Å². The van der Waals surface area contributed by atoms with Gasteiger partial charge >= 0.3 is 0 Å². The molecule has 0 aliphatic heterocycles. The summed E-state index contributed by atoms with van der Waals surface area (Å²) in [6, 6.07) is 3.17.